The van der Waals surface area contributed by atoms with Gasteiger partial charge in [0.25, 0.3) is 5.91 Å². The first kappa shape index (κ1) is 22.9. The number of carbonyl (C=O) groups is 1. The fourth-order valence-electron chi connectivity index (χ4n) is 2.92. The lowest BCUT2D eigenvalue weighted by Crippen LogP contribution is -2.33. The zero-order chi connectivity index (χ0) is 22.6. The molecule has 5 N–H and O–H groups in total. The van der Waals surface area contributed by atoms with Crippen LogP contribution >= 0.6 is 11.3 Å². The third kappa shape index (κ3) is 5.49. The molecule has 0 saturated heterocycles. The molecule has 2 heterocycles. The van der Waals surface area contributed by atoms with Crippen LogP contribution < -0.4 is 11.1 Å². The molecule has 6 nitrogen and oxygen atoms in total. The van der Waals surface area contributed by atoms with E-state index in [4.69, 9.17) is 10.8 Å². The lowest BCUT2D eigenvalue weighted by molar-refractivity contribution is -0.139. The van der Waals surface area contributed by atoms with Crippen LogP contribution in [0.1, 0.15) is 39.2 Å². The zero-order valence-corrected chi connectivity index (χ0v) is 17.0. The van der Waals surface area contributed by atoms with Crippen LogP contribution in [-0.4, -0.2) is 34.1 Å². The number of aromatic amines is 1. The van der Waals surface area contributed by atoms with Gasteiger partial charge in [-0.3, -0.25) is 4.79 Å². The Hall–Kier alpha value is -2.76. The summed E-state index contributed by atoms with van der Waals surface area (Å²) >= 11 is 1.35. The summed E-state index contributed by atoms with van der Waals surface area (Å²) in [4.78, 5) is 19.8. The smallest absolute Gasteiger partial charge is 0.396 e. The number of nitrogens with one attached hydrogen (secondary N) is 2. The van der Waals surface area contributed by atoms with Crippen molar-refractivity contribution in [2.75, 3.05) is 13.2 Å². The first-order valence-electron chi connectivity index (χ1n) is 9.35. The maximum atomic E-state index is 13.8. The van der Waals surface area contributed by atoms with Gasteiger partial charge < -0.3 is 21.1 Å². The number of nitrogens with two attached hydrogens (primary N) is 1. The van der Waals surface area contributed by atoms with Gasteiger partial charge in [-0.2, -0.15) is 13.2 Å². The molecule has 3 rings (SSSR count). The molecular formula is C20H20F4N4O2S. The van der Waals surface area contributed by atoms with Crippen LogP contribution in [0.15, 0.2) is 35.7 Å². The third-order valence-electron chi connectivity index (χ3n) is 4.52. The van der Waals surface area contributed by atoms with E-state index < -0.39 is 29.5 Å². The number of nitrogens with zero attached hydrogens (tertiary/aromatic N) is 1. The summed E-state index contributed by atoms with van der Waals surface area (Å²) in [6.07, 6.45) is -3.59. The first-order valence-corrected chi connectivity index (χ1v) is 10.2. The van der Waals surface area contributed by atoms with Crippen LogP contribution in [0, 0.1) is 5.82 Å². The number of hydrogen-bond donors (Lipinski definition) is 4. The fourth-order valence-corrected chi connectivity index (χ4v) is 3.84. The molecule has 2 aromatic heterocycles. The highest BCUT2D eigenvalue weighted by molar-refractivity contribution is 7.09. The molecule has 0 radical (unpaired) electrons. The van der Waals surface area contributed by atoms with Crippen LogP contribution in [0.2, 0.25) is 0 Å². The van der Waals surface area contributed by atoms with Crippen molar-refractivity contribution in [3.63, 3.8) is 0 Å². The van der Waals surface area contributed by atoms with Crippen molar-refractivity contribution in [2.45, 2.75) is 25.1 Å². The first-order chi connectivity index (χ1) is 14.7. The summed E-state index contributed by atoms with van der Waals surface area (Å²) in [5, 5.41) is 14.1. The van der Waals surface area contributed by atoms with Crippen molar-refractivity contribution in [1.29, 1.82) is 0 Å². The fraction of sp³-hybridized carbons (Fsp3) is 0.300. The molecule has 1 aromatic carbocycles. The lowest BCUT2D eigenvalue weighted by Gasteiger charge is -2.13. The number of aryl methyl sites for hydroxylation is 1. The molecular weight excluding hydrogens is 436 g/mol. The van der Waals surface area contributed by atoms with Gasteiger partial charge in [-0.05, 0) is 37.1 Å². The Balaban J connectivity index is 1.72. The molecule has 0 aliphatic carbocycles. The molecule has 166 valence electrons. The third-order valence-corrected chi connectivity index (χ3v) is 5.52. The van der Waals surface area contributed by atoms with Gasteiger partial charge in [0.1, 0.15) is 16.5 Å². The summed E-state index contributed by atoms with van der Waals surface area (Å²) < 4.78 is 52.0. The molecule has 0 unspecified atom stereocenters. The van der Waals surface area contributed by atoms with Crippen molar-refractivity contribution >= 4 is 17.2 Å². The minimum atomic E-state index is -4.78. The number of rotatable bonds is 8. The largest absolute Gasteiger partial charge is 0.419 e. The number of halogens is 4. The number of aromatic nitrogens is 2. The second-order valence-electron chi connectivity index (χ2n) is 6.74. The number of H-pyrrole nitrogens is 1. The Morgan fingerprint density at radius 1 is 1.29 bits per heavy atom. The van der Waals surface area contributed by atoms with E-state index in [9.17, 15) is 22.4 Å². The van der Waals surface area contributed by atoms with Gasteiger partial charge in [0.05, 0.1) is 17.3 Å². The molecule has 0 bridgehead atoms. The van der Waals surface area contributed by atoms with Crippen molar-refractivity contribution in [2.24, 2.45) is 5.73 Å². The highest BCUT2D eigenvalue weighted by Crippen LogP contribution is 2.33. The summed E-state index contributed by atoms with van der Waals surface area (Å²) in [5.41, 5.74) is 5.83. The van der Waals surface area contributed by atoms with E-state index in [1.54, 1.807) is 0 Å². The second kappa shape index (κ2) is 9.58. The van der Waals surface area contributed by atoms with Crippen LogP contribution in [-0.2, 0) is 12.6 Å². The predicted molar refractivity (Wildman–Crippen MR) is 108 cm³/mol. The van der Waals surface area contributed by atoms with Crippen LogP contribution in [0.4, 0.5) is 17.6 Å². The van der Waals surface area contributed by atoms with Crippen molar-refractivity contribution < 1.29 is 27.5 Å². The van der Waals surface area contributed by atoms with Gasteiger partial charge in [0.2, 0.25) is 0 Å². The minimum Gasteiger partial charge on any atom is -0.396 e. The highest BCUT2D eigenvalue weighted by Gasteiger charge is 2.34. The maximum absolute atomic E-state index is 13.8. The molecule has 0 aliphatic heterocycles. The van der Waals surface area contributed by atoms with Gasteiger partial charge in [0.15, 0.2) is 0 Å². The highest BCUT2D eigenvalue weighted by atomic mass is 32.1. The molecule has 0 spiro atoms. The second-order valence-corrected chi connectivity index (χ2v) is 7.63. The number of aliphatic hydroxyl groups is 1. The van der Waals surface area contributed by atoms with E-state index in [2.05, 4.69) is 15.3 Å². The number of thiazole rings is 1. The van der Waals surface area contributed by atoms with Crippen LogP contribution in [0.5, 0.6) is 0 Å². The SMILES string of the molecule is NC[C@@H](NC(=O)c1ccc(-c2ccc(C(F)(F)F)c(F)c2)[nH]1)c1nc(CCCO)cs1. The summed E-state index contributed by atoms with van der Waals surface area (Å²) in [6.45, 7) is 0.165. The Kier molecular flexibility index (Phi) is 7.08. The monoisotopic (exact) mass is 456 g/mol. The molecule has 11 heteroatoms. The zero-order valence-electron chi connectivity index (χ0n) is 16.2. The summed E-state index contributed by atoms with van der Waals surface area (Å²) in [6, 6.07) is 4.95. The van der Waals surface area contributed by atoms with Gasteiger partial charge in [0, 0.05) is 29.8 Å². The van der Waals surface area contributed by atoms with Crippen molar-refractivity contribution in [3.05, 3.63) is 63.5 Å². The average Bonchev–Trinajstić information content (AvgIpc) is 3.39. The molecule has 1 atom stereocenters. The Labute approximate surface area is 179 Å². The number of hydrogen-bond acceptors (Lipinski definition) is 5. The number of aliphatic hydroxyl groups excluding tert-OH is 1. The summed E-state index contributed by atoms with van der Waals surface area (Å²) in [7, 11) is 0. The van der Waals surface area contributed by atoms with Crippen molar-refractivity contribution in [1.82, 2.24) is 15.3 Å². The molecule has 3 aromatic rings. The van der Waals surface area contributed by atoms with Gasteiger partial charge in [-0.25, -0.2) is 9.37 Å². The predicted octanol–water partition coefficient (Wildman–Crippen LogP) is 3.65. The number of carbonyl (C=O) groups excluding carboxylic acids is 1. The quantitative estimate of drug-likeness (QED) is 0.389. The number of alkyl halides is 3. The standard InChI is InChI=1S/C20H20F4N4O2S/c21-14-8-11(3-4-13(14)20(22,23)24)15-5-6-16(27-15)18(30)28-17(9-25)19-26-12(10-31-19)2-1-7-29/h3-6,8,10,17,27,29H,1-2,7,9,25H2,(H,28,30)/t17-/m1/s1. The molecule has 0 fully saturated rings. The molecule has 1 amide bonds. The van der Waals surface area contributed by atoms with E-state index in [1.165, 1.54) is 23.5 Å². The molecule has 0 aliphatic rings. The topological polar surface area (TPSA) is 104 Å². The Morgan fingerprint density at radius 3 is 2.71 bits per heavy atom. The number of amides is 1. The Morgan fingerprint density at radius 2 is 2.06 bits per heavy atom. The van der Waals surface area contributed by atoms with E-state index >= 15 is 0 Å². The van der Waals surface area contributed by atoms with E-state index in [-0.39, 0.29) is 24.4 Å². The van der Waals surface area contributed by atoms with E-state index in [0.29, 0.717) is 29.6 Å². The maximum Gasteiger partial charge on any atom is 0.419 e. The Bertz CT molecular complexity index is 1050. The normalized spacial score (nSPS) is 12.7. The summed E-state index contributed by atoms with van der Waals surface area (Å²) in [5.74, 6) is -1.88. The van der Waals surface area contributed by atoms with E-state index in [1.807, 2.05) is 5.38 Å². The molecule has 0 saturated carbocycles. The van der Waals surface area contributed by atoms with Crippen molar-refractivity contribution in [3.8, 4) is 11.3 Å². The van der Waals surface area contributed by atoms with Crippen LogP contribution in [0.3, 0.4) is 0 Å². The lowest BCUT2D eigenvalue weighted by atomic mass is 10.1. The van der Waals surface area contributed by atoms with E-state index in [0.717, 1.165) is 17.8 Å². The van der Waals surface area contributed by atoms with Gasteiger partial charge in [-0.1, -0.05) is 6.07 Å². The van der Waals surface area contributed by atoms with Gasteiger partial charge >= 0.3 is 6.18 Å². The number of benzene rings is 1. The van der Waals surface area contributed by atoms with Gasteiger partial charge in [-0.15, -0.1) is 11.3 Å². The molecule has 31 heavy (non-hydrogen) atoms. The minimum absolute atomic E-state index is 0.0574. The van der Waals surface area contributed by atoms with Crippen LogP contribution in [0.25, 0.3) is 11.3 Å². The average molecular weight is 456 g/mol.